The molecule has 0 spiro atoms. The standard InChI is InChI=1S/C21H26N2O3/c1-14(20(24)25-21(2,3)4)13-18-22-19(23-26-18)17-11-9-16(10-12-17)8-7-15-5-6-15/h9-12,15H,1,5-8,13H2,2-4H3. The molecule has 5 nitrogen and oxygen atoms in total. The number of hydrogen-bond acceptors (Lipinski definition) is 5. The summed E-state index contributed by atoms with van der Waals surface area (Å²) in [5.74, 6) is 1.36. The van der Waals surface area contributed by atoms with E-state index < -0.39 is 11.6 Å². The van der Waals surface area contributed by atoms with E-state index in [2.05, 4.69) is 28.9 Å². The Morgan fingerprint density at radius 3 is 2.58 bits per heavy atom. The van der Waals surface area contributed by atoms with Gasteiger partial charge in [-0.3, -0.25) is 0 Å². The SMILES string of the molecule is C=C(Cc1nc(-c2ccc(CCC3CC3)cc2)no1)C(=O)OC(C)(C)C. The molecule has 1 aromatic heterocycles. The summed E-state index contributed by atoms with van der Waals surface area (Å²) in [5, 5.41) is 4.01. The van der Waals surface area contributed by atoms with Crippen molar-refractivity contribution in [2.24, 2.45) is 5.92 Å². The van der Waals surface area contributed by atoms with E-state index in [1.807, 2.05) is 32.9 Å². The van der Waals surface area contributed by atoms with Crippen LogP contribution in [0.5, 0.6) is 0 Å². The van der Waals surface area contributed by atoms with E-state index in [0.717, 1.165) is 17.9 Å². The highest BCUT2D eigenvalue weighted by atomic mass is 16.6. The minimum absolute atomic E-state index is 0.182. The number of esters is 1. The van der Waals surface area contributed by atoms with Crippen molar-refractivity contribution < 1.29 is 14.1 Å². The van der Waals surface area contributed by atoms with E-state index in [1.54, 1.807) is 0 Å². The molecule has 1 saturated carbocycles. The number of aryl methyl sites for hydroxylation is 1. The van der Waals surface area contributed by atoms with E-state index >= 15 is 0 Å². The lowest BCUT2D eigenvalue weighted by Gasteiger charge is -2.19. The van der Waals surface area contributed by atoms with Gasteiger partial charge in [0, 0.05) is 11.1 Å². The average Bonchev–Trinajstić information content (AvgIpc) is 3.29. The normalized spacial score (nSPS) is 14.3. The molecule has 0 radical (unpaired) electrons. The second-order valence-corrected chi connectivity index (χ2v) is 7.97. The third kappa shape index (κ3) is 5.28. The van der Waals surface area contributed by atoms with Crippen LogP contribution in [-0.2, 0) is 22.4 Å². The van der Waals surface area contributed by atoms with E-state index in [1.165, 1.54) is 24.8 Å². The van der Waals surface area contributed by atoms with Crippen LogP contribution in [0.4, 0.5) is 0 Å². The number of rotatable bonds is 7. The third-order valence-electron chi connectivity index (χ3n) is 4.27. The fraction of sp³-hybridized carbons (Fsp3) is 0.476. The van der Waals surface area contributed by atoms with Crippen LogP contribution in [0.25, 0.3) is 11.4 Å². The molecule has 0 unspecified atom stereocenters. The number of hydrogen-bond donors (Lipinski definition) is 0. The first kappa shape index (κ1) is 18.4. The monoisotopic (exact) mass is 354 g/mol. The van der Waals surface area contributed by atoms with Crippen molar-refractivity contribution in [1.29, 1.82) is 0 Å². The highest BCUT2D eigenvalue weighted by Crippen LogP contribution is 2.33. The topological polar surface area (TPSA) is 65.2 Å². The van der Waals surface area contributed by atoms with Crippen molar-refractivity contribution in [3.63, 3.8) is 0 Å². The zero-order chi connectivity index (χ0) is 18.7. The van der Waals surface area contributed by atoms with Crippen molar-refractivity contribution in [3.8, 4) is 11.4 Å². The molecule has 0 N–H and O–H groups in total. The lowest BCUT2D eigenvalue weighted by atomic mass is 10.1. The number of carbonyl (C=O) groups excluding carboxylic acids is 1. The van der Waals surface area contributed by atoms with Crippen LogP contribution in [-0.4, -0.2) is 21.7 Å². The molecule has 0 atom stereocenters. The van der Waals surface area contributed by atoms with Gasteiger partial charge in [0.2, 0.25) is 11.7 Å². The van der Waals surface area contributed by atoms with Gasteiger partial charge in [-0.05, 0) is 45.1 Å². The highest BCUT2D eigenvalue weighted by molar-refractivity contribution is 5.88. The zero-order valence-electron chi connectivity index (χ0n) is 15.7. The summed E-state index contributed by atoms with van der Waals surface area (Å²) >= 11 is 0. The molecule has 0 saturated heterocycles. The number of nitrogens with zero attached hydrogens (tertiary/aromatic N) is 2. The zero-order valence-corrected chi connectivity index (χ0v) is 15.7. The molecule has 1 fully saturated rings. The number of carbonyl (C=O) groups is 1. The second-order valence-electron chi connectivity index (χ2n) is 7.97. The Labute approximate surface area is 154 Å². The van der Waals surface area contributed by atoms with Gasteiger partial charge in [0.05, 0.1) is 6.42 Å². The Bertz CT molecular complexity index is 780. The fourth-order valence-electron chi connectivity index (χ4n) is 2.65. The first-order valence-corrected chi connectivity index (χ1v) is 9.13. The maximum atomic E-state index is 12.0. The predicted molar refractivity (Wildman–Crippen MR) is 99.5 cm³/mol. The van der Waals surface area contributed by atoms with Crippen molar-refractivity contribution in [2.75, 3.05) is 0 Å². The maximum absolute atomic E-state index is 12.0. The summed E-state index contributed by atoms with van der Waals surface area (Å²) in [7, 11) is 0. The van der Waals surface area contributed by atoms with Gasteiger partial charge in [-0.2, -0.15) is 4.98 Å². The van der Waals surface area contributed by atoms with Gasteiger partial charge >= 0.3 is 5.97 Å². The molecule has 0 aliphatic heterocycles. The van der Waals surface area contributed by atoms with Crippen molar-refractivity contribution in [3.05, 3.63) is 47.9 Å². The van der Waals surface area contributed by atoms with Crippen LogP contribution < -0.4 is 0 Å². The number of benzene rings is 1. The lowest BCUT2D eigenvalue weighted by molar-refractivity contribution is -0.150. The first-order valence-electron chi connectivity index (χ1n) is 9.13. The Morgan fingerprint density at radius 1 is 1.27 bits per heavy atom. The Kier molecular flexibility index (Phi) is 5.25. The van der Waals surface area contributed by atoms with Gasteiger partial charge in [-0.25, -0.2) is 4.79 Å². The average molecular weight is 354 g/mol. The molecule has 2 aromatic rings. The molecule has 138 valence electrons. The molecule has 26 heavy (non-hydrogen) atoms. The van der Waals surface area contributed by atoms with Gasteiger partial charge in [-0.15, -0.1) is 0 Å². The minimum atomic E-state index is -0.554. The van der Waals surface area contributed by atoms with Gasteiger partial charge in [0.15, 0.2) is 0 Å². The maximum Gasteiger partial charge on any atom is 0.334 e. The minimum Gasteiger partial charge on any atom is -0.457 e. The summed E-state index contributed by atoms with van der Waals surface area (Å²) in [6.45, 7) is 9.22. The predicted octanol–water partition coefficient (Wildman–Crippen LogP) is 4.52. The van der Waals surface area contributed by atoms with E-state index in [0.29, 0.717) is 17.3 Å². The Balaban J connectivity index is 1.58. The smallest absolute Gasteiger partial charge is 0.334 e. The van der Waals surface area contributed by atoms with Crippen LogP contribution in [0.1, 0.15) is 51.5 Å². The van der Waals surface area contributed by atoms with Crippen LogP contribution in [0, 0.1) is 5.92 Å². The van der Waals surface area contributed by atoms with E-state index in [-0.39, 0.29) is 6.42 Å². The molecule has 3 rings (SSSR count). The second kappa shape index (κ2) is 7.44. The number of ether oxygens (including phenoxy) is 1. The molecule has 1 aliphatic carbocycles. The van der Waals surface area contributed by atoms with Crippen LogP contribution >= 0.6 is 0 Å². The lowest BCUT2D eigenvalue weighted by Crippen LogP contribution is -2.25. The van der Waals surface area contributed by atoms with Gasteiger partial charge in [-0.1, -0.05) is 48.8 Å². The summed E-state index contributed by atoms with van der Waals surface area (Å²) in [6, 6.07) is 8.26. The van der Waals surface area contributed by atoms with Crippen LogP contribution in [0.3, 0.4) is 0 Å². The summed E-state index contributed by atoms with van der Waals surface area (Å²) in [6.07, 6.45) is 5.36. The van der Waals surface area contributed by atoms with Gasteiger partial charge < -0.3 is 9.26 Å². The Hall–Kier alpha value is -2.43. The summed E-state index contributed by atoms with van der Waals surface area (Å²) < 4.78 is 10.5. The molecule has 5 heteroatoms. The molecular weight excluding hydrogens is 328 g/mol. The molecule has 1 heterocycles. The largest absolute Gasteiger partial charge is 0.457 e. The van der Waals surface area contributed by atoms with Gasteiger partial charge in [0.25, 0.3) is 0 Å². The highest BCUT2D eigenvalue weighted by Gasteiger charge is 2.21. The van der Waals surface area contributed by atoms with Crippen molar-refractivity contribution in [1.82, 2.24) is 10.1 Å². The van der Waals surface area contributed by atoms with Crippen molar-refractivity contribution >= 4 is 5.97 Å². The van der Waals surface area contributed by atoms with Crippen LogP contribution in [0.2, 0.25) is 0 Å². The van der Waals surface area contributed by atoms with Crippen LogP contribution in [0.15, 0.2) is 40.9 Å². The molecular formula is C21H26N2O3. The quantitative estimate of drug-likeness (QED) is 0.540. The first-order chi connectivity index (χ1) is 12.3. The number of aromatic nitrogens is 2. The molecule has 0 amide bonds. The molecule has 0 bridgehead atoms. The molecule has 1 aliphatic rings. The van der Waals surface area contributed by atoms with Crippen molar-refractivity contribution in [2.45, 2.75) is 58.5 Å². The molecule has 1 aromatic carbocycles. The van der Waals surface area contributed by atoms with E-state index in [4.69, 9.17) is 9.26 Å². The Morgan fingerprint density at radius 2 is 1.96 bits per heavy atom. The van der Waals surface area contributed by atoms with E-state index in [9.17, 15) is 4.79 Å². The summed E-state index contributed by atoms with van der Waals surface area (Å²) in [5.41, 5.74) is 1.98. The summed E-state index contributed by atoms with van der Waals surface area (Å²) in [4.78, 5) is 16.3. The fourth-order valence-corrected chi connectivity index (χ4v) is 2.65. The third-order valence-corrected chi connectivity index (χ3v) is 4.27. The van der Waals surface area contributed by atoms with Gasteiger partial charge in [0.1, 0.15) is 5.60 Å².